The Labute approximate surface area is 164 Å². The van der Waals surface area contributed by atoms with E-state index in [0.717, 1.165) is 5.56 Å². The number of carbonyl (C=O) groups is 2. The molecular weight excluding hydrogens is 388 g/mol. The zero-order chi connectivity index (χ0) is 19.6. The molecule has 0 aliphatic heterocycles. The second-order valence-corrected chi connectivity index (χ2v) is 7.02. The number of aromatic nitrogens is 1. The molecule has 0 saturated carbocycles. The fraction of sp³-hybridized carbons (Fsp3) is 0.105. The lowest BCUT2D eigenvalue weighted by molar-refractivity contribution is 0.0597. The van der Waals surface area contributed by atoms with Crippen LogP contribution >= 0.6 is 22.9 Å². The van der Waals surface area contributed by atoms with E-state index in [4.69, 9.17) is 11.6 Å². The lowest BCUT2D eigenvalue weighted by Crippen LogP contribution is -2.12. The van der Waals surface area contributed by atoms with E-state index in [-0.39, 0.29) is 17.0 Å². The number of nitrogens with zero attached hydrogens (tertiary/aromatic N) is 1. The van der Waals surface area contributed by atoms with E-state index < -0.39 is 11.9 Å². The number of aryl methyl sites for hydroxylation is 1. The van der Waals surface area contributed by atoms with Crippen molar-refractivity contribution in [2.24, 2.45) is 0 Å². The molecule has 0 unspecified atom stereocenters. The van der Waals surface area contributed by atoms with Crippen LogP contribution in [0.25, 0.3) is 10.6 Å². The Morgan fingerprint density at radius 3 is 2.56 bits per heavy atom. The largest absolute Gasteiger partial charge is 0.505 e. The minimum Gasteiger partial charge on any atom is -0.505 e. The molecule has 27 heavy (non-hydrogen) atoms. The van der Waals surface area contributed by atoms with E-state index in [9.17, 15) is 14.7 Å². The average molecular weight is 403 g/mol. The molecular formula is C19H15ClN2O4S. The van der Waals surface area contributed by atoms with Crippen molar-refractivity contribution < 1.29 is 19.4 Å². The standard InChI is InChI=1S/C19H15ClN2O4S/c1-10-16(27-18(21-10)11-6-8-12(20)9-7-11)17(24)22-14-5-3-4-13(15(14)23)19(25)26-2/h3-9,23H,1-2H3,(H,22,24). The first-order valence-corrected chi connectivity index (χ1v) is 9.05. The van der Waals surface area contributed by atoms with Crippen LogP contribution in [0.5, 0.6) is 5.75 Å². The molecule has 1 heterocycles. The van der Waals surface area contributed by atoms with Crippen LogP contribution in [0.4, 0.5) is 5.69 Å². The normalized spacial score (nSPS) is 10.5. The highest BCUT2D eigenvalue weighted by Crippen LogP contribution is 2.32. The molecule has 0 fully saturated rings. The van der Waals surface area contributed by atoms with Gasteiger partial charge in [-0.05, 0) is 31.2 Å². The number of aromatic hydroxyl groups is 1. The van der Waals surface area contributed by atoms with Gasteiger partial charge in [-0.2, -0.15) is 0 Å². The third kappa shape index (κ3) is 3.94. The van der Waals surface area contributed by atoms with E-state index >= 15 is 0 Å². The Bertz CT molecular complexity index is 1020. The number of phenols is 1. The SMILES string of the molecule is COC(=O)c1cccc(NC(=O)c2sc(-c3ccc(Cl)cc3)nc2C)c1O. The maximum atomic E-state index is 12.6. The summed E-state index contributed by atoms with van der Waals surface area (Å²) in [5.41, 5.74) is 1.50. The van der Waals surface area contributed by atoms with Gasteiger partial charge in [0.1, 0.15) is 15.4 Å². The number of benzene rings is 2. The highest BCUT2D eigenvalue weighted by molar-refractivity contribution is 7.17. The number of halogens is 1. The Morgan fingerprint density at radius 1 is 1.19 bits per heavy atom. The van der Waals surface area contributed by atoms with Gasteiger partial charge in [0.05, 0.1) is 18.5 Å². The van der Waals surface area contributed by atoms with E-state index in [1.165, 1.54) is 30.6 Å². The molecule has 0 saturated heterocycles. The maximum absolute atomic E-state index is 12.6. The number of nitrogens with one attached hydrogen (secondary N) is 1. The Kier molecular flexibility index (Phi) is 5.43. The number of amides is 1. The molecule has 3 aromatic rings. The first kappa shape index (κ1) is 18.9. The van der Waals surface area contributed by atoms with E-state index in [2.05, 4.69) is 15.0 Å². The molecule has 0 spiro atoms. The minimum atomic E-state index is -0.692. The molecule has 0 radical (unpaired) electrons. The molecule has 0 atom stereocenters. The number of hydrogen-bond donors (Lipinski definition) is 2. The fourth-order valence-corrected chi connectivity index (χ4v) is 3.51. The zero-order valence-electron chi connectivity index (χ0n) is 14.4. The Morgan fingerprint density at radius 2 is 1.89 bits per heavy atom. The molecule has 3 rings (SSSR count). The van der Waals surface area contributed by atoms with Crippen molar-refractivity contribution in [3.63, 3.8) is 0 Å². The van der Waals surface area contributed by atoms with Crippen LogP contribution in [0.2, 0.25) is 5.02 Å². The van der Waals surface area contributed by atoms with Crippen LogP contribution < -0.4 is 5.32 Å². The second-order valence-electron chi connectivity index (χ2n) is 5.59. The van der Waals surface area contributed by atoms with Gasteiger partial charge < -0.3 is 15.2 Å². The van der Waals surface area contributed by atoms with Crippen LogP contribution in [0, 0.1) is 6.92 Å². The summed E-state index contributed by atoms with van der Waals surface area (Å²) in [6.07, 6.45) is 0. The van der Waals surface area contributed by atoms with Gasteiger partial charge in [-0.3, -0.25) is 4.79 Å². The van der Waals surface area contributed by atoms with Gasteiger partial charge in [-0.15, -0.1) is 11.3 Å². The van der Waals surface area contributed by atoms with Crippen molar-refractivity contribution in [3.05, 3.63) is 63.6 Å². The highest BCUT2D eigenvalue weighted by atomic mass is 35.5. The summed E-state index contributed by atoms with van der Waals surface area (Å²) in [5, 5.41) is 14.1. The van der Waals surface area contributed by atoms with Crippen LogP contribution in [0.1, 0.15) is 25.7 Å². The van der Waals surface area contributed by atoms with Gasteiger partial charge in [0.15, 0.2) is 5.75 Å². The third-order valence-corrected chi connectivity index (χ3v) is 5.24. The van der Waals surface area contributed by atoms with Gasteiger partial charge in [0, 0.05) is 10.6 Å². The van der Waals surface area contributed by atoms with Crippen LogP contribution in [-0.4, -0.2) is 29.1 Å². The van der Waals surface area contributed by atoms with Gasteiger partial charge in [-0.1, -0.05) is 29.8 Å². The monoisotopic (exact) mass is 402 g/mol. The molecule has 1 aromatic heterocycles. The number of hydrogen-bond acceptors (Lipinski definition) is 6. The van der Waals surface area contributed by atoms with Crippen molar-refractivity contribution in [3.8, 4) is 16.3 Å². The smallest absolute Gasteiger partial charge is 0.341 e. The van der Waals surface area contributed by atoms with Crippen molar-refractivity contribution in [1.82, 2.24) is 4.98 Å². The summed E-state index contributed by atoms with van der Waals surface area (Å²) >= 11 is 7.13. The average Bonchev–Trinajstić information content (AvgIpc) is 3.05. The highest BCUT2D eigenvalue weighted by Gasteiger charge is 2.20. The summed E-state index contributed by atoms with van der Waals surface area (Å²) in [6, 6.07) is 11.6. The number of para-hydroxylation sites is 1. The topological polar surface area (TPSA) is 88.5 Å². The van der Waals surface area contributed by atoms with Crippen LogP contribution in [-0.2, 0) is 4.74 Å². The van der Waals surface area contributed by atoms with E-state index in [1.807, 2.05) is 12.1 Å². The first-order valence-electron chi connectivity index (χ1n) is 7.85. The number of phenolic OH excluding ortho intramolecular Hbond substituents is 1. The predicted molar refractivity (Wildman–Crippen MR) is 105 cm³/mol. The molecule has 0 aliphatic carbocycles. The van der Waals surface area contributed by atoms with E-state index in [0.29, 0.717) is 20.6 Å². The number of carbonyl (C=O) groups excluding carboxylic acids is 2. The number of rotatable bonds is 4. The van der Waals surface area contributed by atoms with Gasteiger partial charge >= 0.3 is 5.97 Å². The van der Waals surface area contributed by atoms with Crippen molar-refractivity contribution >= 4 is 40.5 Å². The molecule has 6 nitrogen and oxygen atoms in total. The molecule has 1 amide bonds. The zero-order valence-corrected chi connectivity index (χ0v) is 16.0. The van der Waals surface area contributed by atoms with Gasteiger partial charge in [0.2, 0.25) is 0 Å². The maximum Gasteiger partial charge on any atom is 0.341 e. The van der Waals surface area contributed by atoms with Gasteiger partial charge in [0.25, 0.3) is 5.91 Å². The summed E-state index contributed by atoms with van der Waals surface area (Å²) in [5.74, 6) is -1.47. The summed E-state index contributed by atoms with van der Waals surface area (Å²) in [7, 11) is 1.21. The van der Waals surface area contributed by atoms with Crippen molar-refractivity contribution in [1.29, 1.82) is 0 Å². The Hall–Kier alpha value is -2.90. The second kappa shape index (κ2) is 7.77. The molecule has 0 bridgehead atoms. The summed E-state index contributed by atoms with van der Waals surface area (Å²) in [6.45, 7) is 1.73. The van der Waals surface area contributed by atoms with Crippen LogP contribution in [0.15, 0.2) is 42.5 Å². The number of thiazole rings is 1. The number of ether oxygens (including phenoxy) is 1. The molecule has 8 heteroatoms. The molecule has 0 aliphatic rings. The first-order chi connectivity index (χ1) is 12.9. The predicted octanol–water partition coefficient (Wildman–Crippen LogP) is 4.52. The number of methoxy groups -OCH3 is 1. The summed E-state index contributed by atoms with van der Waals surface area (Å²) < 4.78 is 4.61. The lowest BCUT2D eigenvalue weighted by atomic mass is 10.1. The number of esters is 1. The van der Waals surface area contributed by atoms with E-state index in [1.54, 1.807) is 25.1 Å². The minimum absolute atomic E-state index is 0.0295. The lowest BCUT2D eigenvalue weighted by Gasteiger charge is -2.09. The van der Waals surface area contributed by atoms with Gasteiger partial charge in [-0.25, -0.2) is 9.78 Å². The molecule has 2 N–H and O–H groups in total. The van der Waals surface area contributed by atoms with Crippen molar-refractivity contribution in [2.45, 2.75) is 6.92 Å². The fourth-order valence-electron chi connectivity index (χ4n) is 2.42. The summed E-state index contributed by atoms with van der Waals surface area (Å²) in [4.78, 5) is 29.2. The Balaban J connectivity index is 1.87. The quantitative estimate of drug-likeness (QED) is 0.495. The van der Waals surface area contributed by atoms with Crippen molar-refractivity contribution in [2.75, 3.05) is 12.4 Å². The van der Waals surface area contributed by atoms with Crippen LogP contribution in [0.3, 0.4) is 0 Å². The molecule has 138 valence electrons. The number of anilines is 1. The molecule has 2 aromatic carbocycles. The third-order valence-electron chi connectivity index (χ3n) is 3.78.